The number of phenols is 3. The lowest BCUT2D eigenvalue weighted by Crippen LogP contribution is -2.22. The summed E-state index contributed by atoms with van der Waals surface area (Å²) in [6, 6.07) is 2.51. The highest BCUT2D eigenvalue weighted by Gasteiger charge is 2.39. The highest BCUT2D eigenvalue weighted by Crippen LogP contribution is 2.48. The number of carbonyl (C=O) groups excluding carboxylic acids is 2. The fourth-order valence-electron chi connectivity index (χ4n) is 3.80. The molecule has 1 aliphatic carbocycles. The van der Waals surface area contributed by atoms with E-state index in [4.69, 9.17) is 9.47 Å². The third-order valence-corrected chi connectivity index (χ3v) is 6.13. The Hall–Kier alpha value is -2.58. The Balaban J connectivity index is 2.20. The Kier molecular flexibility index (Phi) is 6.38. The molecule has 0 aromatic heterocycles. The molecule has 0 saturated carbocycles. The molecule has 0 saturated heterocycles. The molecule has 3 N–H and O–H groups in total. The van der Waals surface area contributed by atoms with Crippen molar-refractivity contribution < 1.29 is 34.4 Å². The van der Waals surface area contributed by atoms with Gasteiger partial charge in [-0.1, -0.05) is 26.2 Å². The van der Waals surface area contributed by atoms with Crippen LogP contribution < -0.4 is 4.74 Å². The van der Waals surface area contributed by atoms with Crippen molar-refractivity contribution in [2.24, 2.45) is 0 Å². The predicted octanol–water partition coefficient (Wildman–Crippen LogP) is 4.62. The van der Waals surface area contributed by atoms with Gasteiger partial charge in [0.1, 0.15) is 27.5 Å². The molecule has 0 unspecified atom stereocenters. The van der Waals surface area contributed by atoms with Gasteiger partial charge in [0.15, 0.2) is 5.78 Å². The molecule has 0 bridgehead atoms. The summed E-state index contributed by atoms with van der Waals surface area (Å²) in [6.45, 7) is 2.05. The number of rotatable bonds is 7. The van der Waals surface area contributed by atoms with Crippen LogP contribution in [0.25, 0.3) is 0 Å². The van der Waals surface area contributed by atoms with Gasteiger partial charge in [0.2, 0.25) is 5.78 Å². The van der Waals surface area contributed by atoms with Crippen LogP contribution in [0.5, 0.6) is 23.0 Å². The Labute approximate surface area is 182 Å². The molecule has 1 aliphatic rings. The van der Waals surface area contributed by atoms with E-state index in [9.17, 15) is 24.9 Å². The topological polar surface area (TPSA) is 113 Å². The molecule has 3 rings (SSSR count). The Morgan fingerprint density at radius 3 is 2.20 bits per heavy atom. The predicted molar refractivity (Wildman–Crippen MR) is 113 cm³/mol. The minimum Gasteiger partial charge on any atom is -0.507 e. The monoisotopic (exact) mass is 478 g/mol. The van der Waals surface area contributed by atoms with Crippen LogP contribution in [0, 0.1) is 0 Å². The van der Waals surface area contributed by atoms with Crippen molar-refractivity contribution in [3.63, 3.8) is 0 Å². The summed E-state index contributed by atoms with van der Waals surface area (Å²) in [4.78, 5) is 26.3. The van der Waals surface area contributed by atoms with Gasteiger partial charge in [-0.3, -0.25) is 9.59 Å². The third-order valence-electron chi connectivity index (χ3n) is 5.36. The fraction of sp³-hybridized carbons (Fsp3) is 0.364. The quantitative estimate of drug-likeness (QED) is 0.424. The minimum atomic E-state index is -0.720. The maximum absolute atomic E-state index is 13.2. The van der Waals surface area contributed by atoms with Gasteiger partial charge in [0.05, 0.1) is 29.9 Å². The fourth-order valence-corrected chi connectivity index (χ4v) is 4.28. The number of ketones is 2. The average Bonchev–Trinajstić information content (AvgIpc) is 2.72. The summed E-state index contributed by atoms with van der Waals surface area (Å²) in [7, 11) is 2.81. The largest absolute Gasteiger partial charge is 0.507 e. The van der Waals surface area contributed by atoms with E-state index < -0.39 is 29.2 Å². The number of carbonyl (C=O) groups is 2. The number of benzene rings is 2. The molecule has 30 heavy (non-hydrogen) atoms. The van der Waals surface area contributed by atoms with Crippen LogP contribution in [-0.4, -0.2) is 41.1 Å². The van der Waals surface area contributed by atoms with Gasteiger partial charge in [0, 0.05) is 18.2 Å². The van der Waals surface area contributed by atoms with Crippen LogP contribution in [0.2, 0.25) is 0 Å². The lowest BCUT2D eigenvalue weighted by Gasteiger charge is -2.25. The molecule has 0 radical (unpaired) electrons. The second kappa shape index (κ2) is 8.65. The second-order valence-corrected chi connectivity index (χ2v) is 7.92. The molecule has 8 heteroatoms. The summed E-state index contributed by atoms with van der Waals surface area (Å²) in [5.41, 5.74) is -0.637. The van der Waals surface area contributed by atoms with E-state index in [0.717, 1.165) is 19.3 Å². The van der Waals surface area contributed by atoms with Gasteiger partial charge in [-0.25, -0.2) is 0 Å². The van der Waals surface area contributed by atoms with Gasteiger partial charge >= 0.3 is 0 Å². The van der Waals surface area contributed by atoms with Crippen LogP contribution >= 0.6 is 15.9 Å². The number of hydrogen-bond acceptors (Lipinski definition) is 7. The minimum absolute atomic E-state index is 0.0593. The van der Waals surface area contributed by atoms with Crippen LogP contribution in [0.1, 0.15) is 76.1 Å². The van der Waals surface area contributed by atoms with Gasteiger partial charge in [-0.05, 0) is 34.5 Å². The van der Waals surface area contributed by atoms with Gasteiger partial charge in [0.25, 0.3) is 0 Å². The van der Waals surface area contributed by atoms with E-state index in [-0.39, 0.29) is 43.8 Å². The van der Waals surface area contributed by atoms with Crippen molar-refractivity contribution in [3.8, 4) is 23.0 Å². The smallest absolute Gasteiger partial charge is 0.202 e. The first-order valence-corrected chi connectivity index (χ1v) is 10.4. The number of aromatic hydroxyl groups is 3. The normalized spacial score (nSPS) is 13.7. The molecule has 0 spiro atoms. The lowest BCUT2D eigenvalue weighted by atomic mass is 9.81. The standard InChI is InChI=1S/C22H23BrO7/c1-4-5-6-7-13(29-2)17-12(24)8-10-15(21(17)27)20(26)16-11(19(10)25)9-14(30-3)18(23)22(16)28/h8-9,13,24,27-28H,4-7H2,1-3H3/t13-/m0/s1. The zero-order chi connectivity index (χ0) is 22.2. The number of phenolic OH excluding ortho intramolecular Hbond substituents is 3. The number of methoxy groups -OCH3 is 2. The van der Waals surface area contributed by atoms with E-state index in [0.29, 0.717) is 6.42 Å². The maximum Gasteiger partial charge on any atom is 0.202 e. The van der Waals surface area contributed by atoms with Crippen molar-refractivity contribution in [2.75, 3.05) is 14.2 Å². The second-order valence-electron chi connectivity index (χ2n) is 7.12. The Morgan fingerprint density at radius 2 is 1.60 bits per heavy atom. The first-order valence-electron chi connectivity index (χ1n) is 9.58. The van der Waals surface area contributed by atoms with Crippen molar-refractivity contribution in [1.29, 1.82) is 0 Å². The van der Waals surface area contributed by atoms with E-state index >= 15 is 0 Å². The average molecular weight is 479 g/mol. The van der Waals surface area contributed by atoms with Crippen LogP contribution in [0.4, 0.5) is 0 Å². The maximum atomic E-state index is 13.2. The van der Waals surface area contributed by atoms with Crippen LogP contribution in [-0.2, 0) is 4.74 Å². The number of halogens is 1. The molecule has 2 aromatic carbocycles. The highest BCUT2D eigenvalue weighted by atomic mass is 79.9. The van der Waals surface area contributed by atoms with Crippen LogP contribution in [0.15, 0.2) is 16.6 Å². The molecular weight excluding hydrogens is 456 g/mol. The SMILES string of the molecule is CCCCC[C@H](OC)c1c(O)cc2c(c1O)C(=O)c1c(cc(OC)c(Br)c1O)C2=O. The zero-order valence-electron chi connectivity index (χ0n) is 16.9. The first kappa shape index (κ1) is 22.1. The van der Waals surface area contributed by atoms with Gasteiger partial charge in [-0.15, -0.1) is 0 Å². The number of fused-ring (bicyclic) bond motifs is 2. The third kappa shape index (κ3) is 3.44. The van der Waals surface area contributed by atoms with Crippen molar-refractivity contribution in [3.05, 3.63) is 44.4 Å². The van der Waals surface area contributed by atoms with Crippen molar-refractivity contribution >= 4 is 27.5 Å². The molecule has 0 amide bonds. The Bertz CT molecular complexity index is 1030. The number of ether oxygens (including phenoxy) is 2. The van der Waals surface area contributed by atoms with E-state index in [1.165, 1.54) is 26.4 Å². The molecule has 160 valence electrons. The number of unbranched alkanes of at least 4 members (excludes halogenated alkanes) is 2. The molecule has 1 atom stereocenters. The molecule has 2 aromatic rings. The van der Waals surface area contributed by atoms with Crippen LogP contribution in [0.3, 0.4) is 0 Å². The lowest BCUT2D eigenvalue weighted by molar-refractivity contribution is 0.0877. The summed E-state index contributed by atoms with van der Waals surface area (Å²) < 4.78 is 10.7. The zero-order valence-corrected chi connectivity index (χ0v) is 18.5. The summed E-state index contributed by atoms with van der Waals surface area (Å²) in [5.74, 6) is -2.44. The van der Waals surface area contributed by atoms with E-state index in [1.807, 2.05) is 0 Å². The molecule has 0 aliphatic heterocycles. The molecule has 0 fully saturated rings. The summed E-state index contributed by atoms with van der Waals surface area (Å²) in [6.07, 6.45) is 2.61. The van der Waals surface area contributed by atoms with Gasteiger partial charge < -0.3 is 24.8 Å². The first-order chi connectivity index (χ1) is 14.3. The van der Waals surface area contributed by atoms with E-state index in [1.54, 1.807) is 0 Å². The molecular formula is C22H23BrO7. The van der Waals surface area contributed by atoms with Crippen molar-refractivity contribution in [1.82, 2.24) is 0 Å². The Morgan fingerprint density at radius 1 is 0.967 bits per heavy atom. The van der Waals surface area contributed by atoms with Gasteiger partial charge in [-0.2, -0.15) is 0 Å². The molecule has 7 nitrogen and oxygen atoms in total. The van der Waals surface area contributed by atoms with E-state index in [2.05, 4.69) is 22.9 Å². The number of hydrogen-bond donors (Lipinski definition) is 3. The summed E-state index contributed by atoms with van der Waals surface area (Å²) in [5, 5.41) is 32.0. The summed E-state index contributed by atoms with van der Waals surface area (Å²) >= 11 is 3.16. The molecule has 0 heterocycles. The highest BCUT2D eigenvalue weighted by molar-refractivity contribution is 9.10. The van der Waals surface area contributed by atoms with Crippen molar-refractivity contribution in [2.45, 2.75) is 38.7 Å².